The van der Waals surface area contributed by atoms with Crippen LogP contribution in [-0.2, 0) is 19.7 Å². The van der Waals surface area contributed by atoms with Crippen LogP contribution < -0.4 is 11.5 Å². The van der Waals surface area contributed by atoms with Crippen molar-refractivity contribution in [1.29, 1.82) is 0 Å². The number of hydrogen-bond donors (Lipinski definition) is 2. The predicted octanol–water partition coefficient (Wildman–Crippen LogP) is 2.67. The van der Waals surface area contributed by atoms with Crippen molar-refractivity contribution in [2.75, 3.05) is 13.7 Å². The van der Waals surface area contributed by atoms with E-state index >= 15 is 0 Å². The number of ether oxygens (including phenoxy) is 1. The molecule has 4 rings (SSSR count). The highest BCUT2D eigenvalue weighted by molar-refractivity contribution is 9.10. The molecule has 0 radical (unpaired) electrons. The molecular formula is C21H25BrN2O3. The molecule has 5 nitrogen and oxygen atoms in total. The SMILES string of the molecule is COCCC[C@@]1(C(N)=O)[C@@H]2C=C[C@@H](C23CC3)[C@@]1(C(N)=O)c1ccc(Br)cc1. The molecule has 0 unspecified atom stereocenters. The second-order valence-electron chi connectivity index (χ2n) is 8.18. The predicted molar refractivity (Wildman–Crippen MR) is 106 cm³/mol. The molecule has 4 atom stereocenters. The number of allylic oxidation sites excluding steroid dienone is 2. The van der Waals surface area contributed by atoms with Gasteiger partial charge in [0.1, 0.15) is 0 Å². The molecule has 4 N–H and O–H groups in total. The van der Waals surface area contributed by atoms with E-state index in [4.69, 9.17) is 16.2 Å². The standard InChI is InChI=1S/C21H25BrN2O3/c1-27-12-2-9-20(17(23)25)15-7-8-16(19(15)10-11-19)21(20,18(24)26)13-3-5-14(22)6-4-13/h3-8,15-16H,2,9-12H2,1H3,(H2,23,25)(H2,24,26)/t15-,16+,20+,21-/m1/s1. The Kier molecular flexibility index (Phi) is 4.27. The van der Waals surface area contributed by atoms with Gasteiger partial charge in [0, 0.05) is 24.1 Å². The van der Waals surface area contributed by atoms with Gasteiger partial charge in [0.05, 0.1) is 10.8 Å². The summed E-state index contributed by atoms with van der Waals surface area (Å²) in [6, 6.07) is 7.62. The Morgan fingerprint density at radius 3 is 2.26 bits per heavy atom. The van der Waals surface area contributed by atoms with Crippen LogP contribution in [0.3, 0.4) is 0 Å². The summed E-state index contributed by atoms with van der Waals surface area (Å²) in [4.78, 5) is 26.3. The Labute approximate surface area is 167 Å². The van der Waals surface area contributed by atoms with E-state index in [1.54, 1.807) is 7.11 Å². The molecular weight excluding hydrogens is 408 g/mol. The van der Waals surface area contributed by atoms with Gasteiger partial charge in [-0.3, -0.25) is 9.59 Å². The third kappa shape index (κ3) is 2.14. The van der Waals surface area contributed by atoms with E-state index < -0.39 is 22.6 Å². The van der Waals surface area contributed by atoms with Gasteiger partial charge in [-0.05, 0) is 54.7 Å². The second-order valence-corrected chi connectivity index (χ2v) is 9.10. The molecule has 0 saturated heterocycles. The first-order valence-corrected chi connectivity index (χ1v) is 10.2. The van der Waals surface area contributed by atoms with Crippen molar-refractivity contribution in [2.24, 2.45) is 34.1 Å². The lowest BCUT2D eigenvalue weighted by Crippen LogP contribution is -2.62. The minimum atomic E-state index is -1.12. The number of carbonyl (C=O) groups excluding carboxylic acids is 2. The Bertz CT molecular complexity index is 817. The molecule has 2 bridgehead atoms. The number of methoxy groups -OCH3 is 1. The zero-order valence-electron chi connectivity index (χ0n) is 15.4. The fraction of sp³-hybridized carbons (Fsp3) is 0.524. The number of rotatable bonds is 7. The lowest BCUT2D eigenvalue weighted by atomic mass is 9.52. The number of amides is 2. The summed E-state index contributed by atoms with van der Waals surface area (Å²) in [6.45, 7) is 0.512. The zero-order valence-corrected chi connectivity index (χ0v) is 17.0. The van der Waals surface area contributed by atoms with Crippen LogP contribution in [0.5, 0.6) is 0 Å². The lowest BCUT2D eigenvalue weighted by Gasteiger charge is -2.48. The summed E-state index contributed by atoms with van der Waals surface area (Å²) in [5.74, 6) is -1.03. The molecule has 2 fully saturated rings. The van der Waals surface area contributed by atoms with E-state index in [0.717, 1.165) is 22.9 Å². The Hall–Kier alpha value is -1.66. The van der Waals surface area contributed by atoms with Crippen LogP contribution in [0.15, 0.2) is 40.9 Å². The fourth-order valence-corrected chi connectivity index (χ4v) is 6.57. The monoisotopic (exact) mass is 432 g/mol. The Morgan fingerprint density at radius 2 is 1.74 bits per heavy atom. The van der Waals surface area contributed by atoms with E-state index in [9.17, 15) is 9.59 Å². The number of primary amides is 2. The smallest absolute Gasteiger partial charge is 0.229 e. The van der Waals surface area contributed by atoms with Gasteiger partial charge in [-0.15, -0.1) is 0 Å². The summed E-state index contributed by atoms with van der Waals surface area (Å²) in [5.41, 5.74) is 10.8. The largest absolute Gasteiger partial charge is 0.385 e. The van der Waals surface area contributed by atoms with Gasteiger partial charge in [-0.2, -0.15) is 0 Å². The van der Waals surface area contributed by atoms with Crippen LogP contribution in [0, 0.1) is 22.7 Å². The minimum absolute atomic E-state index is 0.0551. The van der Waals surface area contributed by atoms with Crippen LogP contribution in [0.1, 0.15) is 31.2 Å². The number of nitrogens with two attached hydrogens (primary N) is 2. The maximum absolute atomic E-state index is 13.2. The molecule has 6 heteroatoms. The van der Waals surface area contributed by atoms with E-state index in [2.05, 4.69) is 28.1 Å². The summed E-state index contributed by atoms with van der Waals surface area (Å²) < 4.78 is 6.14. The van der Waals surface area contributed by atoms with Crippen LogP contribution in [0.2, 0.25) is 0 Å². The van der Waals surface area contributed by atoms with Gasteiger partial charge in [0.15, 0.2) is 0 Å². The van der Waals surface area contributed by atoms with Crippen molar-refractivity contribution < 1.29 is 14.3 Å². The fourth-order valence-electron chi connectivity index (χ4n) is 6.30. The van der Waals surface area contributed by atoms with E-state index in [-0.39, 0.29) is 17.3 Å². The lowest BCUT2D eigenvalue weighted by molar-refractivity contribution is -0.144. The first kappa shape index (κ1) is 18.7. The third-order valence-corrected chi connectivity index (χ3v) is 7.84. The number of hydrogen-bond acceptors (Lipinski definition) is 3. The highest BCUT2D eigenvalue weighted by Gasteiger charge is 2.82. The third-order valence-electron chi connectivity index (χ3n) is 7.31. The average molecular weight is 433 g/mol. The minimum Gasteiger partial charge on any atom is -0.385 e. The second kappa shape index (κ2) is 6.17. The quantitative estimate of drug-likeness (QED) is 0.511. The highest BCUT2D eigenvalue weighted by atomic mass is 79.9. The van der Waals surface area contributed by atoms with Crippen molar-refractivity contribution >= 4 is 27.7 Å². The van der Waals surface area contributed by atoms with E-state index in [0.29, 0.717) is 19.4 Å². The molecule has 1 aromatic rings. The van der Waals surface area contributed by atoms with Crippen molar-refractivity contribution in [3.8, 4) is 0 Å². The zero-order chi connectivity index (χ0) is 19.4. The number of halogens is 1. The number of carbonyl (C=O) groups is 2. The normalized spacial score (nSPS) is 34.9. The molecule has 3 aliphatic carbocycles. The van der Waals surface area contributed by atoms with Gasteiger partial charge in [0.2, 0.25) is 11.8 Å². The molecule has 0 aromatic heterocycles. The maximum Gasteiger partial charge on any atom is 0.229 e. The first-order valence-electron chi connectivity index (χ1n) is 9.41. The van der Waals surface area contributed by atoms with Gasteiger partial charge < -0.3 is 16.2 Å². The molecule has 1 spiro atoms. The maximum atomic E-state index is 13.2. The van der Waals surface area contributed by atoms with E-state index in [1.807, 2.05) is 24.3 Å². The molecule has 3 aliphatic rings. The van der Waals surface area contributed by atoms with E-state index in [1.165, 1.54) is 0 Å². The summed E-state index contributed by atoms with van der Waals surface area (Å²) >= 11 is 3.45. The molecule has 1 aromatic carbocycles. The average Bonchev–Trinajstić information content (AvgIpc) is 3.29. The van der Waals surface area contributed by atoms with Gasteiger partial charge in [0.25, 0.3) is 0 Å². The van der Waals surface area contributed by atoms with Crippen LogP contribution in [-0.4, -0.2) is 25.5 Å². The Morgan fingerprint density at radius 1 is 1.11 bits per heavy atom. The van der Waals surface area contributed by atoms with Crippen molar-refractivity contribution in [3.05, 3.63) is 46.5 Å². The van der Waals surface area contributed by atoms with Crippen LogP contribution in [0.25, 0.3) is 0 Å². The summed E-state index contributed by atoms with van der Waals surface area (Å²) in [6.07, 6.45) is 7.37. The van der Waals surface area contributed by atoms with Crippen molar-refractivity contribution in [3.63, 3.8) is 0 Å². The topological polar surface area (TPSA) is 95.4 Å². The molecule has 0 aliphatic heterocycles. The molecule has 2 saturated carbocycles. The summed E-state index contributed by atoms with van der Waals surface area (Å²) in [5, 5.41) is 0. The van der Waals surface area contributed by atoms with Gasteiger partial charge in [-0.25, -0.2) is 0 Å². The van der Waals surface area contributed by atoms with Gasteiger partial charge >= 0.3 is 0 Å². The molecule has 0 heterocycles. The molecule has 2 amide bonds. The van der Waals surface area contributed by atoms with Crippen molar-refractivity contribution in [2.45, 2.75) is 31.1 Å². The molecule has 144 valence electrons. The van der Waals surface area contributed by atoms with Crippen LogP contribution >= 0.6 is 15.9 Å². The first-order chi connectivity index (χ1) is 12.9. The van der Waals surface area contributed by atoms with Crippen LogP contribution in [0.4, 0.5) is 0 Å². The molecule has 27 heavy (non-hydrogen) atoms. The number of benzene rings is 1. The van der Waals surface area contributed by atoms with Crippen molar-refractivity contribution in [1.82, 2.24) is 0 Å². The van der Waals surface area contributed by atoms with Gasteiger partial charge in [-0.1, -0.05) is 40.2 Å². The Balaban J connectivity index is 1.98. The summed E-state index contributed by atoms with van der Waals surface area (Å²) in [7, 11) is 1.64. The highest BCUT2D eigenvalue weighted by Crippen LogP contribution is 2.80.